The van der Waals surface area contributed by atoms with Crippen LogP contribution >= 0.6 is 0 Å². The average Bonchev–Trinajstić information content (AvgIpc) is 2.10. The molecule has 0 unspecified atom stereocenters. The summed E-state index contributed by atoms with van der Waals surface area (Å²) in [5, 5.41) is 42.5. The number of nitrogens with two attached hydrogens (primary N) is 2. The number of quaternary nitrogens is 1. The van der Waals surface area contributed by atoms with E-state index < -0.39 is 60.6 Å². The van der Waals surface area contributed by atoms with E-state index in [9.17, 15) is 39.6 Å². The van der Waals surface area contributed by atoms with E-state index in [2.05, 4.69) is 0 Å². The van der Waals surface area contributed by atoms with Crippen molar-refractivity contribution in [1.82, 2.24) is 6.15 Å². The minimum Gasteiger partial charge on any atom is -0.550 e. The normalized spacial score (nSPS) is 10.8. The van der Waals surface area contributed by atoms with E-state index in [-0.39, 0.29) is 23.2 Å². The summed E-state index contributed by atoms with van der Waals surface area (Å²) in [7, 11) is 0. The van der Waals surface area contributed by atoms with Gasteiger partial charge in [-0.2, -0.15) is 0 Å². The van der Waals surface area contributed by atoms with Crippen molar-refractivity contribution in [3.63, 3.8) is 0 Å². The quantitative estimate of drug-likeness (QED) is 0.327. The van der Waals surface area contributed by atoms with E-state index >= 15 is 0 Å². The van der Waals surface area contributed by atoms with Gasteiger partial charge in [-0.05, 0) is 0 Å². The third-order valence-electron chi connectivity index (χ3n) is 2.83. The zero-order valence-electron chi connectivity index (χ0n) is 11.6. The van der Waals surface area contributed by atoms with Crippen molar-refractivity contribution >= 4 is 23.9 Å². The Morgan fingerprint density at radius 2 is 0.773 bits per heavy atom. The molecule has 0 heterocycles. The summed E-state index contributed by atoms with van der Waals surface area (Å²) >= 11 is 0. The smallest absolute Gasteiger partial charge is 0.550 e. The van der Waals surface area contributed by atoms with Crippen molar-refractivity contribution in [2.24, 2.45) is 11.5 Å². The summed E-state index contributed by atoms with van der Waals surface area (Å²) in [6, 6.07) is 0. The second kappa shape index (κ2) is 9.33. The number of carboxylic acids is 4. The molecular formula is C10H16FeN3O8. The molecule has 22 heavy (non-hydrogen) atoms. The average molecular weight is 362 g/mol. The molecule has 0 saturated carbocycles. The third kappa shape index (κ3) is 7.33. The molecular weight excluding hydrogens is 346 g/mol. The predicted molar refractivity (Wildman–Crippen MR) is 58.3 cm³/mol. The van der Waals surface area contributed by atoms with Crippen LogP contribution in [0.5, 0.6) is 0 Å². The molecule has 0 aromatic rings. The summed E-state index contributed by atoms with van der Waals surface area (Å²) in [6.45, 7) is 0. The van der Waals surface area contributed by atoms with Gasteiger partial charge in [0.1, 0.15) is 0 Å². The molecule has 0 aliphatic heterocycles. The van der Waals surface area contributed by atoms with Crippen LogP contribution in [0.15, 0.2) is 0 Å². The standard InChI is InChI=1S/C10H16N2O8.Fe.H3N/c11-9(1-5(13)14,2-6(15)16)10(12,3-7(17)18)4-8(19)20;;/h1-4,11-12H2,(H,13,14)(H,15,16)(H,17,18)(H,19,20);;1H3/q;+3;/p-3. The van der Waals surface area contributed by atoms with Crippen LogP contribution in [-0.4, -0.2) is 35.0 Å². The predicted octanol–water partition coefficient (Wildman–Crippen LogP) is -6.68. The fourth-order valence-electron chi connectivity index (χ4n) is 1.86. The van der Waals surface area contributed by atoms with Gasteiger partial charge in [0, 0.05) is 60.6 Å². The van der Waals surface area contributed by atoms with Gasteiger partial charge in [0.15, 0.2) is 0 Å². The van der Waals surface area contributed by atoms with Crippen LogP contribution in [0.25, 0.3) is 0 Å². The van der Waals surface area contributed by atoms with Gasteiger partial charge in [0.2, 0.25) is 0 Å². The summed E-state index contributed by atoms with van der Waals surface area (Å²) in [6.07, 6.45) is -4.73. The molecule has 127 valence electrons. The Morgan fingerprint density at radius 1 is 0.636 bits per heavy atom. The van der Waals surface area contributed by atoms with E-state index in [4.69, 9.17) is 11.5 Å². The minimum atomic E-state index is -2.43. The van der Waals surface area contributed by atoms with E-state index in [1.807, 2.05) is 0 Å². The van der Waals surface area contributed by atoms with Crippen molar-refractivity contribution in [1.29, 1.82) is 0 Å². The second-order valence-corrected chi connectivity index (χ2v) is 4.51. The molecule has 0 bridgehead atoms. The number of aliphatic carboxylic acids is 4. The Balaban J connectivity index is -0.00000180. The molecule has 12 heteroatoms. The van der Waals surface area contributed by atoms with Gasteiger partial charge < -0.3 is 57.2 Å². The zero-order chi connectivity index (χ0) is 16.1. The fraction of sp³-hybridized carbons (Fsp3) is 0.600. The summed E-state index contributed by atoms with van der Waals surface area (Å²) in [4.78, 5) is 42.5. The molecule has 0 aromatic carbocycles. The molecule has 0 aromatic heterocycles. The monoisotopic (exact) mass is 362 g/mol. The van der Waals surface area contributed by atoms with Crippen molar-refractivity contribution in [3.05, 3.63) is 0 Å². The molecule has 0 spiro atoms. The number of carboxylic acid groups (broad SMARTS) is 4. The van der Waals surface area contributed by atoms with Gasteiger partial charge in [0.25, 0.3) is 0 Å². The molecule has 0 aliphatic carbocycles. The first-order valence-corrected chi connectivity index (χ1v) is 5.29. The van der Waals surface area contributed by atoms with Gasteiger partial charge in [0.05, 0.1) is 0 Å². The van der Waals surface area contributed by atoms with E-state index in [0.29, 0.717) is 0 Å². The maximum absolute atomic E-state index is 10.6. The molecule has 0 saturated heterocycles. The van der Waals surface area contributed by atoms with Crippen LogP contribution in [0.2, 0.25) is 0 Å². The van der Waals surface area contributed by atoms with E-state index in [0.717, 1.165) is 0 Å². The topological polar surface area (TPSA) is 249 Å². The molecule has 0 rings (SSSR count). The van der Waals surface area contributed by atoms with Gasteiger partial charge in [-0.15, -0.1) is 0 Å². The second-order valence-electron chi connectivity index (χ2n) is 4.51. The Kier molecular flexibility index (Phi) is 10.7. The Hall–Kier alpha value is -1.72. The fourth-order valence-corrected chi connectivity index (χ4v) is 1.86. The summed E-state index contributed by atoms with van der Waals surface area (Å²) in [5.74, 6) is -7.33. The maximum Gasteiger partial charge on any atom is 3.00 e. The number of hydrogen-bond acceptors (Lipinski definition) is 10. The van der Waals surface area contributed by atoms with Crippen molar-refractivity contribution in [2.45, 2.75) is 36.8 Å². The van der Waals surface area contributed by atoms with Crippen molar-refractivity contribution in [3.8, 4) is 0 Å². The Labute approximate surface area is 135 Å². The van der Waals surface area contributed by atoms with E-state index in [1.165, 1.54) is 0 Å². The number of hydrogen-bond donors (Lipinski definition) is 3. The molecule has 0 aliphatic rings. The Bertz CT molecular complexity index is 370. The molecule has 0 amide bonds. The van der Waals surface area contributed by atoms with Crippen LogP contribution in [0.3, 0.4) is 0 Å². The van der Waals surface area contributed by atoms with Crippen LogP contribution in [0.4, 0.5) is 0 Å². The van der Waals surface area contributed by atoms with E-state index in [1.54, 1.807) is 0 Å². The maximum atomic E-state index is 10.6. The third-order valence-corrected chi connectivity index (χ3v) is 2.83. The number of carbonyl (C=O) groups is 4. The molecule has 1 radical (unpaired) electrons. The molecule has 11 nitrogen and oxygen atoms in total. The van der Waals surface area contributed by atoms with Gasteiger partial charge >= 0.3 is 17.1 Å². The Morgan fingerprint density at radius 3 is 0.864 bits per heavy atom. The van der Waals surface area contributed by atoms with Crippen molar-refractivity contribution in [2.75, 3.05) is 0 Å². The first kappa shape index (κ1) is 25.2. The minimum absolute atomic E-state index is 0. The van der Waals surface area contributed by atoms with Crippen molar-refractivity contribution < 1.29 is 56.7 Å². The zero-order valence-corrected chi connectivity index (χ0v) is 12.7. The SMILES string of the molecule is NC(CC(=O)[O-])(CC(=O)[O-])C(N)(CC(=O)[O-])CC(=O)[O-].[Fe+3].[NH4+]. The molecule has 0 fully saturated rings. The molecule has 0 atom stereocenters. The summed E-state index contributed by atoms with van der Waals surface area (Å²) in [5.41, 5.74) is 6.20. The first-order valence-electron chi connectivity index (χ1n) is 5.29. The van der Waals surface area contributed by atoms with Gasteiger partial charge in [-0.3, -0.25) is 0 Å². The van der Waals surface area contributed by atoms with Crippen LogP contribution in [0.1, 0.15) is 25.7 Å². The summed E-state index contributed by atoms with van der Waals surface area (Å²) < 4.78 is 0. The largest absolute Gasteiger partial charge is 3.00 e. The van der Waals surface area contributed by atoms with Crippen LogP contribution in [-0.2, 0) is 36.2 Å². The van der Waals surface area contributed by atoms with Crippen LogP contribution in [0, 0.1) is 0 Å². The van der Waals surface area contributed by atoms with Crippen LogP contribution < -0.4 is 38.0 Å². The molecule has 8 N–H and O–H groups in total. The first-order chi connectivity index (χ1) is 8.92. The number of carbonyl (C=O) groups excluding carboxylic acids is 4. The van der Waals surface area contributed by atoms with Gasteiger partial charge in [-0.25, -0.2) is 0 Å². The number of rotatable bonds is 9. The van der Waals surface area contributed by atoms with Gasteiger partial charge in [-0.1, -0.05) is 0 Å².